The number of pyridine rings is 2. The molecule has 0 spiro atoms. The van der Waals surface area contributed by atoms with Gasteiger partial charge in [0.1, 0.15) is 5.75 Å². The van der Waals surface area contributed by atoms with Gasteiger partial charge in [-0.25, -0.2) is 9.97 Å². The fourth-order valence-corrected chi connectivity index (χ4v) is 3.58. The number of benzene rings is 1. The first kappa shape index (κ1) is 25.1. The predicted molar refractivity (Wildman–Crippen MR) is 121 cm³/mol. The first-order valence-electron chi connectivity index (χ1n) is 10.7. The Morgan fingerprint density at radius 1 is 0.889 bits per heavy atom. The van der Waals surface area contributed by atoms with Crippen LogP contribution in [0.5, 0.6) is 5.75 Å². The van der Waals surface area contributed by atoms with E-state index in [4.69, 9.17) is 4.74 Å². The Morgan fingerprint density at radius 3 is 2.22 bits per heavy atom. The van der Waals surface area contributed by atoms with Crippen molar-refractivity contribution in [3.8, 4) is 17.0 Å². The lowest BCUT2D eigenvalue weighted by atomic mass is 10.0. The Morgan fingerprint density at radius 2 is 1.61 bits per heavy atom. The van der Waals surface area contributed by atoms with Crippen LogP contribution in [0.15, 0.2) is 48.9 Å². The summed E-state index contributed by atoms with van der Waals surface area (Å²) in [6.07, 6.45) is -5.41. The van der Waals surface area contributed by atoms with Crippen molar-refractivity contribution >= 4 is 22.5 Å². The molecule has 0 radical (unpaired) electrons. The molecule has 1 aromatic carbocycles. The van der Waals surface area contributed by atoms with E-state index >= 15 is 0 Å². The first-order valence-corrected chi connectivity index (χ1v) is 10.7. The molecule has 0 aliphatic carbocycles. The van der Waals surface area contributed by atoms with E-state index < -0.39 is 23.5 Å². The number of ether oxygens (including phenoxy) is 1. The van der Waals surface area contributed by atoms with E-state index in [2.05, 4.69) is 25.3 Å². The van der Waals surface area contributed by atoms with Crippen molar-refractivity contribution < 1.29 is 31.1 Å². The number of hydrogen-bond donors (Lipinski definition) is 1. The summed E-state index contributed by atoms with van der Waals surface area (Å²) >= 11 is 0. The number of fused-ring (bicyclic) bond motifs is 1. The summed E-state index contributed by atoms with van der Waals surface area (Å²) in [5, 5.41) is 3.41. The number of nitrogens with one attached hydrogen (secondary N) is 1. The van der Waals surface area contributed by atoms with Crippen LogP contribution >= 0.6 is 0 Å². The topological polar surface area (TPSA) is 72.8 Å². The summed E-state index contributed by atoms with van der Waals surface area (Å²) in [7, 11) is 1.25. The minimum atomic E-state index is -4.67. The molecule has 3 aromatic heterocycles. The van der Waals surface area contributed by atoms with Crippen molar-refractivity contribution in [1.82, 2.24) is 19.9 Å². The average Bonchev–Trinajstić information content (AvgIpc) is 2.83. The number of halogens is 6. The second-order valence-corrected chi connectivity index (χ2v) is 7.83. The molecule has 188 valence electrons. The van der Waals surface area contributed by atoms with Gasteiger partial charge in [-0.2, -0.15) is 26.3 Å². The minimum Gasteiger partial charge on any atom is -0.495 e. The number of aromatic nitrogens is 4. The van der Waals surface area contributed by atoms with Gasteiger partial charge in [0.05, 0.1) is 41.3 Å². The van der Waals surface area contributed by atoms with Gasteiger partial charge in [0.25, 0.3) is 0 Å². The van der Waals surface area contributed by atoms with Gasteiger partial charge in [0.2, 0.25) is 5.95 Å². The van der Waals surface area contributed by atoms with Crippen molar-refractivity contribution in [3.05, 3.63) is 65.7 Å². The van der Waals surface area contributed by atoms with Gasteiger partial charge in [0, 0.05) is 29.0 Å². The molecule has 1 N–H and O–H groups in total. The fourth-order valence-electron chi connectivity index (χ4n) is 3.58. The third kappa shape index (κ3) is 5.31. The Bertz CT molecular complexity index is 1390. The molecule has 0 saturated carbocycles. The summed E-state index contributed by atoms with van der Waals surface area (Å²) < 4.78 is 84.6. The second-order valence-electron chi connectivity index (χ2n) is 7.83. The molecule has 0 saturated heterocycles. The SMILES string of the molecule is CCCc1cc(Nc2ncc(C(F)(F)F)cn2)c2ccc(-c3ncc(OC)cc3C(F)(F)F)cc2n1. The van der Waals surface area contributed by atoms with Crippen LogP contribution < -0.4 is 10.1 Å². The van der Waals surface area contributed by atoms with Crippen LogP contribution in [0, 0.1) is 0 Å². The summed E-state index contributed by atoms with van der Waals surface area (Å²) in [5.41, 5.74) is -0.579. The van der Waals surface area contributed by atoms with Gasteiger partial charge >= 0.3 is 12.4 Å². The summed E-state index contributed by atoms with van der Waals surface area (Å²) in [6, 6.07) is 7.09. The lowest BCUT2D eigenvalue weighted by Crippen LogP contribution is -2.09. The maximum Gasteiger partial charge on any atom is 0.419 e. The standard InChI is InChI=1S/C24H19F6N5O/c1-3-4-15-8-20(35-22-32-10-14(11-33-22)23(25,26)27)17-6-5-13(7-19(17)34-15)21-18(24(28,29)30)9-16(36-2)12-31-21/h5-12H,3-4H2,1-2H3,(H,32,33,34,35). The molecule has 0 bridgehead atoms. The Kier molecular flexibility index (Phi) is 6.70. The van der Waals surface area contributed by atoms with Crippen molar-refractivity contribution in [3.63, 3.8) is 0 Å². The van der Waals surface area contributed by atoms with Crippen LogP contribution in [0.4, 0.5) is 38.0 Å². The molecule has 0 aliphatic rings. The van der Waals surface area contributed by atoms with Gasteiger partial charge < -0.3 is 10.1 Å². The summed E-state index contributed by atoms with van der Waals surface area (Å²) in [5.74, 6) is -0.101. The number of nitrogens with zero attached hydrogens (tertiary/aromatic N) is 4. The van der Waals surface area contributed by atoms with Gasteiger partial charge in [-0.05, 0) is 24.6 Å². The molecule has 0 unspecified atom stereocenters. The molecule has 4 rings (SSSR count). The molecule has 0 amide bonds. The number of anilines is 2. The van der Waals surface area contributed by atoms with Crippen LogP contribution in [0.2, 0.25) is 0 Å². The third-order valence-electron chi connectivity index (χ3n) is 5.27. The molecule has 0 aliphatic heterocycles. The number of aryl methyl sites for hydroxylation is 1. The minimum absolute atomic E-state index is 0.0294. The van der Waals surface area contributed by atoms with Gasteiger partial charge in [0.15, 0.2) is 0 Å². The van der Waals surface area contributed by atoms with E-state index in [1.807, 2.05) is 6.92 Å². The van der Waals surface area contributed by atoms with Crippen molar-refractivity contribution in [2.24, 2.45) is 0 Å². The van der Waals surface area contributed by atoms with E-state index in [0.29, 0.717) is 41.1 Å². The molecule has 12 heteroatoms. The van der Waals surface area contributed by atoms with E-state index in [1.165, 1.54) is 25.4 Å². The Hall–Kier alpha value is -3.96. The molecule has 3 heterocycles. The van der Waals surface area contributed by atoms with Crippen LogP contribution in [0.3, 0.4) is 0 Å². The van der Waals surface area contributed by atoms with Gasteiger partial charge in [-0.1, -0.05) is 25.5 Å². The number of hydrogen-bond acceptors (Lipinski definition) is 6. The molecule has 4 aromatic rings. The third-order valence-corrected chi connectivity index (χ3v) is 5.27. The lowest BCUT2D eigenvalue weighted by Gasteiger charge is -2.15. The smallest absolute Gasteiger partial charge is 0.419 e. The zero-order valence-corrected chi connectivity index (χ0v) is 19.0. The maximum absolute atomic E-state index is 13.7. The van der Waals surface area contributed by atoms with Crippen molar-refractivity contribution in [2.75, 3.05) is 12.4 Å². The zero-order valence-electron chi connectivity index (χ0n) is 19.0. The van der Waals surface area contributed by atoms with E-state index in [9.17, 15) is 26.3 Å². The fraction of sp³-hybridized carbons (Fsp3) is 0.250. The van der Waals surface area contributed by atoms with Crippen LogP contribution in [-0.4, -0.2) is 27.0 Å². The molecule has 36 heavy (non-hydrogen) atoms. The first-order chi connectivity index (χ1) is 17.0. The summed E-state index contributed by atoms with van der Waals surface area (Å²) in [4.78, 5) is 16.0. The van der Waals surface area contributed by atoms with E-state index in [0.717, 1.165) is 12.5 Å². The predicted octanol–water partition coefficient (Wildman–Crippen LogP) is 6.83. The lowest BCUT2D eigenvalue weighted by molar-refractivity contribution is -0.138. The van der Waals surface area contributed by atoms with Crippen LogP contribution in [-0.2, 0) is 18.8 Å². The summed E-state index contributed by atoms with van der Waals surface area (Å²) in [6.45, 7) is 1.94. The Balaban J connectivity index is 1.80. The highest BCUT2D eigenvalue weighted by Gasteiger charge is 2.35. The highest BCUT2D eigenvalue weighted by Crippen LogP contribution is 2.39. The average molecular weight is 507 g/mol. The van der Waals surface area contributed by atoms with Crippen LogP contribution in [0.25, 0.3) is 22.2 Å². The van der Waals surface area contributed by atoms with Gasteiger partial charge in [-0.15, -0.1) is 0 Å². The monoisotopic (exact) mass is 507 g/mol. The molecule has 0 atom stereocenters. The molecule has 6 nitrogen and oxygen atoms in total. The highest BCUT2D eigenvalue weighted by atomic mass is 19.4. The van der Waals surface area contributed by atoms with Crippen molar-refractivity contribution in [2.45, 2.75) is 32.1 Å². The number of methoxy groups -OCH3 is 1. The van der Waals surface area contributed by atoms with Crippen LogP contribution in [0.1, 0.15) is 30.2 Å². The zero-order chi connectivity index (χ0) is 26.1. The normalized spacial score (nSPS) is 12.1. The van der Waals surface area contributed by atoms with Gasteiger partial charge in [-0.3, -0.25) is 9.97 Å². The van der Waals surface area contributed by atoms with E-state index in [1.54, 1.807) is 12.1 Å². The largest absolute Gasteiger partial charge is 0.495 e. The number of alkyl halides is 6. The quantitative estimate of drug-likeness (QED) is 0.289. The Labute approximate surface area is 201 Å². The number of rotatable bonds is 6. The van der Waals surface area contributed by atoms with E-state index in [-0.39, 0.29) is 23.0 Å². The van der Waals surface area contributed by atoms with Crippen molar-refractivity contribution in [1.29, 1.82) is 0 Å². The highest BCUT2D eigenvalue weighted by molar-refractivity contribution is 5.95. The second kappa shape index (κ2) is 9.59. The molecule has 0 fully saturated rings. The molecular formula is C24H19F6N5O. The molecular weight excluding hydrogens is 488 g/mol. The maximum atomic E-state index is 13.7.